The van der Waals surface area contributed by atoms with Gasteiger partial charge >= 0.3 is 0 Å². The molecule has 0 aliphatic rings. The number of nitriles is 1. The van der Waals surface area contributed by atoms with Gasteiger partial charge in [-0.1, -0.05) is 17.7 Å². The Morgan fingerprint density at radius 2 is 1.95 bits per heavy atom. The standard InChI is InChI=1S/C7H10N3.C7H8O3S/c1-9-5-6-10(7-9)4-2-3-8;1-6-2-4-7(5-3-6)11(8,9)10/h5-7H,2,4H2,1H3;2-5H,1H3,(H,8,9,10)/q+1;/p-1. The second kappa shape index (κ2) is 7.57. The van der Waals surface area contributed by atoms with Gasteiger partial charge < -0.3 is 4.55 Å². The molecule has 1 aromatic heterocycles. The minimum Gasteiger partial charge on any atom is -0.744 e. The van der Waals surface area contributed by atoms with Gasteiger partial charge in [-0.2, -0.15) is 5.26 Å². The molecule has 6 nitrogen and oxygen atoms in total. The predicted octanol–water partition coefficient (Wildman–Crippen LogP) is 1.13. The van der Waals surface area contributed by atoms with Crippen molar-refractivity contribution in [1.82, 2.24) is 4.57 Å². The molecule has 0 saturated heterocycles. The zero-order chi connectivity index (χ0) is 15.9. The third kappa shape index (κ3) is 6.21. The van der Waals surface area contributed by atoms with Gasteiger partial charge in [0.2, 0.25) is 6.33 Å². The summed E-state index contributed by atoms with van der Waals surface area (Å²) in [5.41, 5.74) is 0.928. The van der Waals surface area contributed by atoms with E-state index in [4.69, 9.17) is 5.26 Å². The van der Waals surface area contributed by atoms with Gasteiger partial charge in [-0.25, -0.2) is 17.6 Å². The number of nitrogens with zero attached hydrogens (tertiary/aromatic N) is 3. The molecule has 7 heteroatoms. The lowest BCUT2D eigenvalue weighted by molar-refractivity contribution is -0.671. The SMILES string of the molecule is C[n+]1ccn(CCC#N)c1.Cc1ccc(S(=O)(=O)[O-])cc1. The third-order valence-electron chi connectivity index (χ3n) is 2.62. The molecule has 0 spiro atoms. The summed E-state index contributed by atoms with van der Waals surface area (Å²) in [6, 6.07) is 7.88. The van der Waals surface area contributed by atoms with Gasteiger partial charge in [-0.3, -0.25) is 0 Å². The minimum atomic E-state index is -4.27. The van der Waals surface area contributed by atoms with Crippen LogP contribution in [0.5, 0.6) is 0 Å². The van der Waals surface area contributed by atoms with Crippen molar-refractivity contribution < 1.29 is 17.5 Å². The summed E-state index contributed by atoms with van der Waals surface area (Å²) in [5.74, 6) is 0. The molecule has 2 aromatic rings. The molecule has 0 aliphatic heterocycles. The van der Waals surface area contributed by atoms with Crippen LogP contribution in [0, 0.1) is 18.3 Å². The Balaban J connectivity index is 0.000000211. The molecule has 0 N–H and O–H groups in total. The first-order valence-electron chi connectivity index (χ1n) is 6.23. The van der Waals surface area contributed by atoms with Crippen molar-refractivity contribution in [2.24, 2.45) is 7.05 Å². The van der Waals surface area contributed by atoms with Crippen molar-refractivity contribution in [3.8, 4) is 6.07 Å². The Kier molecular flexibility index (Phi) is 6.09. The number of hydrogen-bond acceptors (Lipinski definition) is 4. The number of aromatic nitrogens is 2. The Morgan fingerprint density at radius 1 is 1.33 bits per heavy atom. The van der Waals surface area contributed by atoms with Gasteiger partial charge in [0, 0.05) is 0 Å². The number of imidazole rings is 1. The van der Waals surface area contributed by atoms with Gasteiger partial charge in [0.25, 0.3) is 0 Å². The van der Waals surface area contributed by atoms with Crippen LogP contribution < -0.4 is 4.57 Å². The molecule has 0 radical (unpaired) electrons. The van der Waals surface area contributed by atoms with Crippen molar-refractivity contribution >= 4 is 10.1 Å². The van der Waals surface area contributed by atoms with Crippen LogP contribution >= 0.6 is 0 Å². The summed E-state index contributed by atoms with van der Waals surface area (Å²) >= 11 is 0. The van der Waals surface area contributed by atoms with E-state index in [-0.39, 0.29) is 4.90 Å². The van der Waals surface area contributed by atoms with E-state index in [1.165, 1.54) is 12.1 Å². The molecule has 1 aromatic carbocycles. The number of aryl methyl sites for hydroxylation is 3. The van der Waals surface area contributed by atoms with Crippen molar-refractivity contribution in [1.29, 1.82) is 5.26 Å². The summed E-state index contributed by atoms with van der Waals surface area (Å²) in [5, 5.41) is 8.26. The van der Waals surface area contributed by atoms with Crippen LogP contribution in [-0.2, 0) is 23.7 Å². The third-order valence-corrected chi connectivity index (χ3v) is 3.46. The van der Waals surface area contributed by atoms with Crippen molar-refractivity contribution in [3.05, 3.63) is 48.5 Å². The number of rotatable bonds is 3. The van der Waals surface area contributed by atoms with Crippen LogP contribution in [0.25, 0.3) is 0 Å². The lowest BCUT2D eigenvalue weighted by atomic mass is 10.2. The molecule has 1 heterocycles. The van der Waals surface area contributed by atoms with Gasteiger partial charge in [0.1, 0.15) is 29.1 Å². The van der Waals surface area contributed by atoms with E-state index in [0.29, 0.717) is 6.42 Å². The minimum absolute atomic E-state index is 0.178. The Labute approximate surface area is 124 Å². The average Bonchev–Trinajstić information content (AvgIpc) is 2.82. The van der Waals surface area contributed by atoms with E-state index in [9.17, 15) is 13.0 Å². The maximum atomic E-state index is 10.4. The quantitative estimate of drug-likeness (QED) is 0.628. The molecule has 0 saturated carbocycles. The first-order chi connectivity index (χ1) is 9.82. The molecular formula is C14H17N3O3S. The molecule has 0 aliphatic carbocycles. The van der Waals surface area contributed by atoms with E-state index in [1.807, 2.05) is 41.8 Å². The Hall–Kier alpha value is -2.17. The van der Waals surface area contributed by atoms with Gasteiger partial charge in [0.15, 0.2) is 0 Å². The fourth-order valence-corrected chi connectivity index (χ4v) is 1.99. The van der Waals surface area contributed by atoms with E-state index in [0.717, 1.165) is 12.1 Å². The van der Waals surface area contributed by atoms with Crippen LogP contribution in [0.3, 0.4) is 0 Å². The normalized spacial score (nSPS) is 10.4. The summed E-state index contributed by atoms with van der Waals surface area (Å²) < 4.78 is 35.1. The fraction of sp³-hybridized carbons (Fsp3) is 0.286. The lowest BCUT2D eigenvalue weighted by Crippen LogP contribution is -2.23. The lowest BCUT2D eigenvalue weighted by Gasteiger charge is -2.05. The largest absolute Gasteiger partial charge is 0.744 e. The summed E-state index contributed by atoms with van der Waals surface area (Å²) in [6.07, 6.45) is 6.45. The van der Waals surface area contributed by atoms with Gasteiger partial charge in [-0.15, -0.1) is 0 Å². The maximum Gasteiger partial charge on any atom is 0.243 e. The highest BCUT2D eigenvalue weighted by atomic mass is 32.2. The Morgan fingerprint density at radius 3 is 2.38 bits per heavy atom. The van der Waals surface area contributed by atoms with Crippen LogP contribution in [0.15, 0.2) is 47.9 Å². The first-order valence-corrected chi connectivity index (χ1v) is 7.64. The van der Waals surface area contributed by atoms with Crippen LogP contribution in [0.1, 0.15) is 12.0 Å². The smallest absolute Gasteiger partial charge is 0.243 e. The highest BCUT2D eigenvalue weighted by Gasteiger charge is 1.98. The topological polar surface area (TPSA) is 89.8 Å². The molecule has 21 heavy (non-hydrogen) atoms. The van der Waals surface area contributed by atoms with E-state index in [2.05, 4.69) is 6.07 Å². The second-order valence-electron chi connectivity index (χ2n) is 4.49. The predicted molar refractivity (Wildman–Crippen MR) is 75.0 cm³/mol. The molecule has 112 valence electrons. The summed E-state index contributed by atoms with van der Waals surface area (Å²) in [7, 11) is -2.31. The highest BCUT2D eigenvalue weighted by Crippen LogP contribution is 2.08. The average molecular weight is 307 g/mol. The van der Waals surface area contributed by atoms with Crippen LogP contribution in [-0.4, -0.2) is 17.5 Å². The van der Waals surface area contributed by atoms with Crippen molar-refractivity contribution in [3.63, 3.8) is 0 Å². The first kappa shape index (κ1) is 16.9. The maximum absolute atomic E-state index is 10.4. The van der Waals surface area contributed by atoms with Crippen molar-refractivity contribution in [2.75, 3.05) is 0 Å². The molecule has 0 bridgehead atoms. The summed E-state index contributed by atoms with van der Waals surface area (Å²) in [6.45, 7) is 2.61. The van der Waals surface area contributed by atoms with Crippen LogP contribution in [0.4, 0.5) is 0 Å². The molecule has 0 unspecified atom stereocenters. The van der Waals surface area contributed by atoms with E-state index < -0.39 is 10.1 Å². The van der Waals surface area contributed by atoms with Gasteiger partial charge in [-0.05, 0) is 19.1 Å². The molecule has 2 rings (SSSR count). The fourth-order valence-electron chi connectivity index (χ4n) is 1.52. The second-order valence-corrected chi connectivity index (χ2v) is 5.87. The number of benzene rings is 1. The molecular weight excluding hydrogens is 290 g/mol. The zero-order valence-electron chi connectivity index (χ0n) is 11.9. The van der Waals surface area contributed by atoms with E-state index >= 15 is 0 Å². The Bertz CT molecular complexity index is 713. The monoisotopic (exact) mass is 307 g/mol. The number of hydrogen-bond donors (Lipinski definition) is 0. The van der Waals surface area contributed by atoms with Gasteiger partial charge in [0.05, 0.1) is 24.4 Å². The summed E-state index contributed by atoms with van der Waals surface area (Å²) in [4.78, 5) is -0.178. The highest BCUT2D eigenvalue weighted by molar-refractivity contribution is 7.85. The zero-order valence-corrected chi connectivity index (χ0v) is 12.7. The molecule has 0 atom stereocenters. The molecule has 0 amide bonds. The van der Waals surface area contributed by atoms with Crippen LogP contribution in [0.2, 0.25) is 0 Å². The van der Waals surface area contributed by atoms with E-state index in [1.54, 1.807) is 12.1 Å². The van der Waals surface area contributed by atoms with Crippen molar-refractivity contribution in [2.45, 2.75) is 24.8 Å². The molecule has 0 fully saturated rings.